The van der Waals surface area contributed by atoms with E-state index in [1.807, 2.05) is 30.3 Å². The molecule has 122 valence electrons. The number of nitrogens with one attached hydrogen (secondary N) is 1. The molecular weight excluding hydrogens is 326 g/mol. The molecule has 0 aliphatic carbocycles. The largest absolute Gasteiger partial charge is 0.493 e. The van der Waals surface area contributed by atoms with Crippen LogP contribution in [0.15, 0.2) is 48.5 Å². The summed E-state index contributed by atoms with van der Waals surface area (Å²) in [5, 5.41) is 12.1. The fraction of sp³-hybridized carbons (Fsp3) is 0.118. The third-order valence-electron chi connectivity index (χ3n) is 3.31. The normalized spacial score (nSPS) is 10.2. The number of hydrogen-bond donors (Lipinski definition) is 1. The monoisotopic (exact) mass is 341 g/mol. The van der Waals surface area contributed by atoms with Crippen molar-refractivity contribution in [2.45, 2.75) is 0 Å². The Balaban J connectivity index is 1.77. The van der Waals surface area contributed by atoms with Crippen LogP contribution < -0.4 is 14.8 Å². The van der Waals surface area contributed by atoms with Gasteiger partial charge >= 0.3 is 0 Å². The predicted molar refractivity (Wildman–Crippen MR) is 92.8 cm³/mol. The Morgan fingerprint density at radius 1 is 1.00 bits per heavy atom. The Kier molecular flexibility index (Phi) is 4.72. The molecule has 0 saturated carbocycles. The van der Waals surface area contributed by atoms with Crippen LogP contribution in [0.5, 0.6) is 11.5 Å². The molecule has 0 spiro atoms. The van der Waals surface area contributed by atoms with Crippen molar-refractivity contribution in [3.8, 4) is 22.1 Å². The number of carbonyl (C=O) groups excluding carboxylic acids is 1. The molecule has 0 atom stereocenters. The molecule has 0 saturated heterocycles. The van der Waals surface area contributed by atoms with Gasteiger partial charge in [-0.1, -0.05) is 41.7 Å². The van der Waals surface area contributed by atoms with Gasteiger partial charge in [-0.3, -0.25) is 10.1 Å². The van der Waals surface area contributed by atoms with Gasteiger partial charge in [0.1, 0.15) is 5.01 Å². The number of nitrogens with zero attached hydrogens (tertiary/aromatic N) is 2. The van der Waals surface area contributed by atoms with E-state index in [9.17, 15) is 4.79 Å². The molecule has 1 heterocycles. The maximum atomic E-state index is 12.4. The van der Waals surface area contributed by atoms with E-state index in [1.165, 1.54) is 18.4 Å². The van der Waals surface area contributed by atoms with Crippen molar-refractivity contribution in [1.82, 2.24) is 10.2 Å². The van der Waals surface area contributed by atoms with Crippen LogP contribution in [0.2, 0.25) is 0 Å². The first-order chi connectivity index (χ1) is 11.7. The highest BCUT2D eigenvalue weighted by Gasteiger charge is 2.13. The van der Waals surface area contributed by atoms with Crippen LogP contribution in [0, 0.1) is 0 Å². The van der Waals surface area contributed by atoms with Gasteiger partial charge < -0.3 is 9.47 Å². The maximum Gasteiger partial charge on any atom is 0.257 e. The van der Waals surface area contributed by atoms with Crippen LogP contribution in [-0.2, 0) is 0 Å². The molecule has 1 N–H and O–H groups in total. The summed E-state index contributed by atoms with van der Waals surface area (Å²) in [7, 11) is 3.07. The van der Waals surface area contributed by atoms with E-state index in [0.717, 1.165) is 10.6 Å². The number of carbonyl (C=O) groups is 1. The Morgan fingerprint density at radius 2 is 1.75 bits per heavy atom. The molecule has 1 amide bonds. The highest BCUT2D eigenvalue weighted by Crippen LogP contribution is 2.29. The lowest BCUT2D eigenvalue weighted by Gasteiger charge is -2.08. The minimum absolute atomic E-state index is 0.285. The molecule has 2 aromatic carbocycles. The fourth-order valence-corrected chi connectivity index (χ4v) is 2.86. The van der Waals surface area contributed by atoms with Gasteiger partial charge in [-0.05, 0) is 18.2 Å². The van der Waals surface area contributed by atoms with E-state index in [1.54, 1.807) is 25.3 Å². The lowest BCUT2D eigenvalue weighted by molar-refractivity contribution is 0.102. The number of benzene rings is 2. The standard InChI is InChI=1S/C17H15N3O3S/c1-22-13-9-8-12(10-14(13)23-2)15(21)18-17-20-19-16(24-17)11-6-4-3-5-7-11/h3-10H,1-2H3,(H,18,20,21). The van der Waals surface area contributed by atoms with E-state index in [0.29, 0.717) is 22.2 Å². The second-order valence-electron chi connectivity index (χ2n) is 4.80. The van der Waals surface area contributed by atoms with Crippen LogP contribution in [0.4, 0.5) is 5.13 Å². The lowest BCUT2D eigenvalue weighted by atomic mass is 10.2. The third kappa shape index (κ3) is 3.36. The van der Waals surface area contributed by atoms with Crippen molar-refractivity contribution in [2.75, 3.05) is 19.5 Å². The number of methoxy groups -OCH3 is 2. The molecule has 24 heavy (non-hydrogen) atoms. The highest BCUT2D eigenvalue weighted by molar-refractivity contribution is 7.18. The van der Waals surface area contributed by atoms with Crippen LogP contribution in [0.1, 0.15) is 10.4 Å². The zero-order valence-corrected chi connectivity index (χ0v) is 14.0. The van der Waals surface area contributed by atoms with Gasteiger partial charge in [-0.2, -0.15) is 0 Å². The summed E-state index contributed by atoms with van der Waals surface area (Å²) in [6.45, 7) is 0. The van der Waals surface area contributed by atoms with Crippen LogP contribution in [0.25, 0.3) is 10.6 Å². The highest BCUT2D eigenvalue weighted by atomic mass is 32.1. The Hall–Kier alpha value is -2.93. The SMILES string of the molecule is COc1ccc(C(=O)Nc2nnc(-c3ccccc3)s2)cc1OC. The summed E-state index contributed by atoms with van der Waals surface area (Å²) in [4.78, 5) is 12.4. The molecule has 7 heteroatoms. The van der Waals surface area contributed by atoms with Crippen molar-refractivity contribution in [3.05, 3.63) is 54.1 Å². The quantitative estimate of drug-likeness (QED) is 0.769. The molecular formula is C17H15N3O3S. The summed E-state index contributed by atoms with van der Waals surface area (Å²) in [6, 6.07) is 14.6. The Bertz CT molecular complexity index is 849. The summed E-state index contributed by atoms with van der Waals surface area (Å²) in [6.07, 6.45) is 0. The number of rotatable bonds is 5. The van der Waals surface area contributed by atoms with Crippen LogP contribution >= 0.6 is 11.3 Å². The van der Waals surface area contributed by atoms with Crippen molar-refractivity contribution in [2.24, 2.45) is 0 Å². The number of anilines is 1. The first kappa shape index (κ1) is 15.9. The van der Waals surface area contributed by atoms with E-state index >= 15 is 0 Å². The molecule has 3 aromatic rings. The van der Waals surface area contributed by atoms with Gasteiger partial charge in [0.2, 0.25) is 5.13 Å². The summed E-state index contributed by atoms with van der Waals surface area (Å²) in [5.74, 6) is 0.774. The van der Waals surface area contributed by atoms with Crippen LogP contribution in [-0.4, -0.2) is 30.3 Å². The molecule has 0 fully saturated rings. The van der Waals surface area contributed by atoms with E-state index in [4.69, 9.17) is 9.47 Å². The average molecular weight is 341 g/mol. The van der Waals surface area contributed by atoms with E-state index in [-0.39, 0.29) is 5.91 Å². The number of hydrogen-bond acceptors (Lipinski definition) is 6. The maximum absolute atomic E-state index is 12.4. The van der Waals surface area contributed by atoms with Gasteiger partial charge in [0, 0.05) is 11.1 Å². The molecule has 1 aromatic heterocycles. The fourth-order valence-electron chi connectivity index (χ4n) is 2.12. The van der Waals surface area contributed by atoms with Gasteiger partial charge in [-0.15, -0.1) is 10.2 Å². The smallest absolute Gasteiger partial charge is 0.257 e. The number of ether oxygens (including phenoxy) is 2. The van der Waals surface area contributed by atoms with E-state index < -0.39 is 0 Å². The Morgan fingerprint density at radius 3 is 2.46 bits per heavy atom. The molecule has 0 aliphatic rings. The molecule has 0 aliphatic heterocycles. The topological polar surface area (TPSA) is 73.3 Å². The van der Waals surface area contributed by atoms with Crippen LogP contribution in [0.3, 0.4) is 0 Å². The third-order valence-corrected chi connectivity index (χ3v) is 4.20. The van der Waals surface area contributed by atoms with Gasteiger partial charge in [0.15, 0.2) is 11.5 Å². The molecule has 3 rings (SSSR count). The number of aromatic nitrogens is 2. The zero-order valence-electron chi connectivity index (χ0n) is 13.1. The first-order valence-electron chi connectivity index (χ1n) is 7.13. The predicted octanol–water partition coefficient (Wildman–Crippen LogP) is 3.47. The molecule has 0 unspecified atom stereocenters. The first-order valence-corrected chi connectivity index (χ1v) is 7.95. The molecule has 0 bridgehead atoms. The van der Waals surface area contributed by atoms with Gasteiger partial charge in [0.05, 0.1) is 14.2 Å². The second kappa shape index (κ2) is 7.10. The minimum Gasteiger partial charge on any atom is -0.493 e. The van der Waals surface area contributed by atoms with E-state index in [2.05, 4.69) is 15.5 Å². The number of amides is 1. The van der Waals surface area contributed by atoms with Crippen molar-refractivity contribution in [1.29, 1.82) is 0 Å². The van der Waals surface area contributed by atoms with Gasteiger partial charge in [0.25, 0.3) is 5.91 Å². The van der Waals surface area contributed by atoms with Crippen molar-refractivity contribution in [3.63, 3.8) is 0 Å². The van der Waals surface area contributed by atoms with Gasteiger partial charge in [-0.25, -0.2) is 0 Å². The van der Waals surface area contributed by atoms with Crippen molar-refractivity contribution < 1.29 is 14.3 Å². The second-order valence-corrected chi connectivity index (χ2v) is 5.78. The summed E-state index contributed by atoms with van der Waals surface area (Å²) in [5.41, 5.74) is 1.41. The summed E-state index contributed by atoms with van der Waals surface area (Å²) >= 11 is 1.32. The minimum atomic E-state index is -0.285. The zero-order chi connectivity index (χ0) is 16.9. The van der Waals surface area contributed by atoms with Crippen molar-refractivity contribution >= 4 is 22.4 Å². The molecule has 0 radical (unpaired) electrons. The summed E-state index contributed by atoms with van der Waals surface area (Å²) < 4.78 is 10.4. The Labute approximate surface area is 143 Å². The molecule has 6 nitrogen and oxygen atoms in total. The lowest BCUT2D eigenvalue weighted by Crippen LogP contribution is -2.11. The average Bonchev–Trinajstić information content (AvgIpc) is 3.10.